The van der Waals surface area contributed by atoms with Gasteiger partial charge >= 0.3 is 0 Å². The number of hydrogen-bond acceptors (Lipinski definition) is 1. The molecule has 8 aromatic carbocycles. The molecule has 2 aliphatic rings. The van der Waals surface area contributed by atoms with Gasteiger partial charge in [-0.1, -0.05) is 133 Å². The van der Waals surface area contributed by atoms with Crippen LogP contribution >= 0.6 is 11.8 Å². The monoisotopic (exact) mass is 678 g/mol. The van der Waals surface area contributed by atoms with E-state index in [2.05, 4.69) is 191 Å². The Labute approximate surface area is 305 Å². The molecule has 0 bridgehead atoms. The van der Waals surface area contributed by atoms with Crippen LogP contribution in [0.15, 0.2) is 192 Å². The van der Waals surface area contributed by atoms with Crippen molar-refractivity contribution < 1.29 is 0 Å². The Morgan fingerprint density at radius 1 is 0.327 bits per heavy atom. The molecule has 3 heterocycles. The Kier molecular flexibility index (Phi) is 5.67. The number of benzene rings is 8. The maximum absolute atomic E-state index is 2.53. The molecule has 1 spiro atoms. The minimum atomic E-state index is -0.424. The summed E-state index contributed by atoms with van der Waals surface area (Å²) in [6, 6.07) is 67.7. The van der Waals surface area contributed by atoms with E-state index in [1.807, 2.05) is 11.8 Å². The largest absolute Gasteiger partial charge is 0.309 e. The number of hydrogen-bond donors (Lipinski definition) is 0. The van der Waals surface area contributed by atoms with Crippen LogP contribution in [0.1, 0.15) is 22.3 Å². The van der Waals surface area contributed by atoms with Crippen molar-refractivity contribution >= 4 is 55.4 Å². The van der Waals surface area contributed by atoms with E-state index in [9.17, 15) is 0 Å². The smallest absolute Gasteiger partial charge is 0.0736 e. The van der Waals surface area contributed by atoms with Crippen LogP contribution in [0.4, 0.5) is 0 Å². The lowest BCUT2D eigenvalue weighted by Crippen LogP contribution is -2.32. The van der Waals surface area contributed by atoms with Crippen molar-refractivity contribution in [1.82, 2.24) is 9.13 Å². The van der Waals surface area contributed by atoms with Crippen LogP contribution in [0, 0.1) is 0 Å². The molecule has 52 heavy (non-hydrogen) atoms. The van der Waals surface area contributed by atoms with Gasteiger partial charge in [-0.15, -0.1) is 0 Å². The second-order valence-corrected chi connectivity index (χ2v) is 15.1. The lowest BCUT2D eigenvalue weighted by molar-refractivity contribution is 0.724. The Balaban J connectivity index is 1.19. The summed E-state index contributed by atoms with van der Waals surface area (Å²) < 4.78 is 4.90. The summed E-state index contributed by atoms with van der Waals surface area (Å²) in [7, 11) is 0. The fourth-order valence-electron chi connectivity index (χ4n) is 9.55. The van der Waals surface area contributed by atoms with Crippen molar-refractivity contribution in [2.24, 2.45) is 0 Å². The van der Waals surface area contributed by atoms with E-state index in [0.29, 0.717) is 0 Å². The number of rotatable bonds is 2. The van der Waals surface area contributed by atoms with Crippen molar-refractivity contribution in [3.05, 3.63) is 204 Å². The molecule has 0 saturated heterocycles. The molecule has 1 aliphatic heterocycles. The van der Waals surface area contributed by atoms with Gasteiger partial charge in [0.2, 0.25) is 0 Å². The zero-order chi connectivity index (χ0) is 34.0. The van der Waals surface area contributed by atoms with Crippen molar-refractivity contribution in [1.29, 1.82) is 0 Å². The van der Waals surface area contributed by atoms with Gasteiger partial charge in [0.15, 0.2) is 0 Å². The Hall–Kier alpha value is -6.29. The zero-order valence-electron chi connectivity index (χ0n) is 28.1. The van der Waals surface area contributed by atoms with E-state index in [4.69, 9.17) is 0 Å². The molecule has 2 aromatic heterocycles. The summed E-state index contributed by atoms with van der Waals surface area (Å²) in [5.41, 5.74) is 14.9. The van der Waals surface area contributed by atoms with Gasteiger partial charge in [-0.3, -0.25) is 0 Å². The van der Waals surface area contributed by atoms with Crippen molar-refractivity contribution in [3.63, 3.8) is 0 Å². The Morgan fingerprint density at radius 2 is 0.865 bits per heavy atom. The van der Waals surface area contributed by atoms with E-state index in [1.165, 1.54) is 98.2 Å². The lowest BCUT2D eigenvalue weighted by Gasteiger charge is -2.39. The molecule has 242 valence electrons. The zero-order valence-corrected chi connectivity index (χ0v) is 28.9. The van der Waals surface area contributed by atoms with Gasteiger partial charge in [0.25, 0.3) is 0 Å². The molecule has 0 unspecified atom stereocenters. The molecule has 0 N–H and O–H groups in total. The van der Waals surface area contributed by atoms with Gasteiger partial charge in [-0.25, -0.2) is 0 Å². The highest BCUT2D eigenvalue weighted by Crippen LogP contribution is 2.62. The fourth-order valence-corrected chi connectivity index (χ4v) is 10.8. The summed E-state index contributed by atoms with van der Waals surface area (Å²) in [6.07, 6.45) is 0. The number of aromatic nitrogens is 2. The maximum atomic E-state index is 2.53. The van der Waals surface area contributed by atoms with Gasteiger partial charge in [0, 0.05) is 42.7 Å². The third-order valence-corrected chi connectivity index (χ3v) is 12.7. The van der Waals surface area contributed by atoms with Crippen molar-refractivity contribution in [2.75, 3.05) is 0 Å². The predicted molar refractivity (Wildman–Crippen MR) is 217 cm³/mol. The highest BCUT2D eigenvalue weighted by Gasteiger charge is 2.50. The lowest BCUT2D eigenvalue weighted by atomic mass is 9.67. The Bertz CT molecular complexity index is 3060. The van der Waals surface area contributed by atoms with E-state index >= 15 is 0 Å². The van der Waals surface area contributed by atoms with Crippen LogP contribution in [-0.4, -0.2) is 9.13 Å². The molecule has 0 radical (unpaired) electrons. The molecule has 12 rings (SSSR count). The van der Waals surface area contributed by atoms with E-state index < -0.39 is 5.41 Å². The number of para-hydroxylation sites is 3. The second-order valence-electron chi connectivity index (χ2n) is 14.0. The molecule has 2 nitrogen and oxygen atoms in total. The van der Waals surface area contributed by atoms with E-state index in [0.717, 1.165) is 0 Å². The van der Waals surface area contributed by atoms with Gasteiger partial charge in [-0.2, -0.15) is 0 Å². The normalized spacial score (nSPS) is 13.8. The minimum absolute atomic E-state index is 0.424. The molecule has 0 fully saturated rings. The summed E-state index contributed by atoms with van der Waals surface area (Å²) in [6.45, 7) is 0. The standard InChI is InChI=1S/C49H30N2S/c1-2-14-31(15-3-1)50-43-23-11-6-18-35(43)37-28-32(26-27-45(37)50)51-44-24-12-7-19-36(44)38-29-48-42(30-46(38)51)49(41-22-10-13-25-47(41)52-48)39-20-8-4-16-33(39)34-17-5-9-21-40(34)49/h1-30H. The summed E-state index contributed by atoms with van der Waals surface area (Å²) in [5, 5.41) is 5.06. The highest BCUT2D eigenvalue weighted by molar-refractivity contribution is 7.99. The fraction of sp³-hybridized carbons (Fsp3) is 0.0204. The molecule has 10 aromatic rings. The van der Waals surface area contributed by atoms with Crippen LogP contribution in [-0.2, 0) is 5.41 Å². The van der Waals surface area contributed by atoms with Crippen LogP contribution < -0.4 is 0 Å². The molecule has 0 atom stereocenters. The van der Waals surface area contributed by atoms with Gasteiger partial charge in [0.1, 0.15) is 0 Å². The molecule has 0 amide bonds. The van der Waals surface area contributed by atoms with Crippen LogP contribution in [0.5, 0.6) is 0 Å². The summed E-state index contributed by atoms with van der Waals surface area (Å²) in [4.78, 5) is 2.65. The van der Waals surface area contributed by atoms with Crippen LogP contribution in [0.25, 0.3) is 66.1 Å². The molecule has 1 aliphatic carbocycles. The van der Waals surface area contributed by atoms with Gasteiger partial charge < -0.3 is 9.13 Å². The van der Waals surface area contributed by atoms with Crippen LogP contribution in [0.2, 0.25) is 0 Å². The molecule has 3 heteroatoms. The predicted octanol–water partition coefficient (Wildman–Crippen LogP) is 12.7. The van der Waals surface area contributed by atoms with Crippen molar-refractivity contribution in [3.8, 4) is 22.5 Å². The van der Waals surface area contributed by atoms with Gasteiger partial charge in [-0.05, 0) is 94.0 Å². The molecular weight excluding hydrogens is 649 g/mol. The van der Waals surface area contributed by atoms with Gasteiger partial charge in [0.05, 0.1) is 27.5 Å². The first kappa shape index (κ1) is 28.4. The third kappa shape index (κ3) is 3.56. The molecule has 0 saturated carbocycles. The first-order valence-electron chi connectivity index (χ1n) is 17.9. The van der Waals surface area contributed by atoms with E-state index in [1.54, 1.807) is 0 Å². The van der Waals surface area contributed by atoms with Crippen LogP contribution in [0.3, 0.4) is 0 Å². The van der Waals surface area contributed by atoms with Crippen molar-refractivity contribution in [2.45, 2.75) is 15.2 Å². The maximum Gasteiger partial charge on any atom is 0.0736 e. The SMILES string of the molecule is c1ccc(-n2c3ccccc3c3cc(-n4c5ccccc5c5cc6c(cc54)C4(c5ccccc5S6)c5ccccc5-c5ccccc54)ccc32)cc1. The third-order valence-electron chi connectivity index (χ3n) is 11.6. The minimum Gasteiger partial charge on any atom is -0.309 e. The average molecular weight is 679 g/mol. The summed E-state index contributed by atoms with van der Waals surface area (Å²) >= 11 is 1.91. The highest BCUT2D eigenvalue weighted by atomic mass is 32.2. The van der Waals surface area contributed by atoms with E-state index in [-0.39, 0.29) is 0 Å². The quantitative estimate of drug-likeness (QED) is 0.177. The Morgan fingerprint density at radius 3 is 1.58 bits per heavy atom. The average Bonchev–Trinajstić information content (AvgIpc) is 3.82. The summed E-state index contributed by atoms with van der Waals surface area (Å²) in [5.74, 6) is 0. The second kappa shape index (κ2) is 10.4. The topological polar surface area (TPSA) is 9.86 Å². The first-order valence-corrected chi connectivity index (χ1v) is 18.8. The first-order chi connectivity index (χ1) is 25.8. The number of fused-ring (bicyclic) bond motifs is 15. The molecular formula is C49H30N2S. The number of nitrogens with zero attached hydrogens (tertiary/aromatic N) is 2.